The molecule has 0 unspecified atom stereocenters. The molecule has 0 spiro atoms. The number of pyridine rings is 2. The standard InChI is InChI=1S/2C28H33N5O2/c2*1-18-15-33(17-29-18)24-11-10-22(31-27(24)35-6)23-16-32-13-7-8-20(26(32)30-23)19-9-12-25(34-5)21(14-19)28(2,3)4/h2*9-12,14-17,20H,7-8,13H2,1-6H3/t2*20-/m10/s1. The molecule has 14 heteroatoms. The zero-order valence-electron chi connectivity index (χ0n) is 42.7. The number of benzene rings is 2. The highest BCUT2D eigenvalue weighted by Gasteiger charge is 2.30. The Balaban J connectivity index is 0.000000174. The van der Waals surface area contributed by atoms with E-state index < -0.39 is 0 Å². The molecule has 0 bridgehead atoms. The summed E-state index contributed by atoms with van der Waals surface area (Å²) in [4.78, 5) is 28.4. The van der Waals surface area contributed by atoms with E-state index in [1.807, 2.05) is 59.6 Å². The fourth-order valence-corrected chi connectivity index (χ4v) is 9.85. The Hall–Kier alpha value is -7.22. The van der Waals surface area contributed by atoms with Gasteiger partial charge in [-0.15, -0.1) is 0 Å². The van der Waals surface area contributed by atoms with Crippen molar-refractivity contribution in [3.63, 3.8) is 0 Å². The third-order valence-electron chi connectivity index (χ3n) is 13.5. The average molecular weight is 943 g/mol. The molecular weight excluding hydrogens is 877 g/mol. The Morgan fingerprint density at radius 2 is 0.900 bits per heavy atom. The Morgan fingerprint density at radius 1 is 0.486 bits per heavy atom. The van der Waals surface area contributed by atoms with Crippen LogP contribution in [0.3, 0.4) is 0 Å². The molecular formula is C56H66N10O4. The van der Waals surface area contributed by atoms with Gasteiger partial charge in [-0.1, -0.05) is 65.8 Å². The average Bonchev–Trinajstić information content (AvgIpc) is 4.19. The third kappa shape index (κ3) is 9.55. The molecule has 0 N–H and O–H groups in total. The number of hydrogen-bond donors (Lipinski definition) is 0. The highest BCUT2D eigenvalue weighted by Crippen LogP contribution is 2.42. The molecule has 2 aliphatic rings. The number of rotatable bonds is 10. The van der Waals surface area contributed by atoms with Crippen molar-refractivity contribution in [2.24, 2.45) is 0 Å². The van der Waals surface area contributed by atoms with Gasteiger partial charge in [0.15, 0.2) is 0 Å². The second-order valence-corrected chi connectivity index (χ2v) is 20.5. The molecule has 2 atom stereocenters. The van der Waals surface area contributed by atoms with E-state index in [1.165, 1.54) is 22.3 Å². The van der Waals surface area contributed by atoms with Crippen LogP contribution in [-0.2, 0) is 23.9 Å². The van der Waals surface area contributed by atoms with E-state index in [2.05, 4.69) is 109 Å². The maximum absolute atomic E-state index is 5.66. The summed E-state index contributed by atoms with van der Waals surface area (Å²) >= 11 is 0. The zero-order chi connectivity index (χ0) is 49.5. The zero-order valence-corrected chi connectivity index (χ0v) is 42.7. The Bertz CT molecular complexity index is 2930. The van der Waals surface area contributed by atoms with E-state index in [4.69, 9.17) is 38.9 Å². The summed E-state index contributed by atoms with van der Waals surface area (Å²) in [5.41, 5.74) is 11.9. The van der Waals surface area contributed by atoms with E-state index >= 15 is 0 Å². The fraction of sp³-hybridized carbons (Fsp3) is 0.393. The van der Waals surface area contributed by atoms with Crippen molar-refractivity contribution < 1.29 is 18.9 Å². The molecule has 0 amide bonds. The van der Waals surface area contributed by atoms with Gasteiger partial charge in [-0.2, -0.15) is 0 Å². The lowest BCUT2D eigenvalue weighted by molar-refractivity contribution is 0.396. The fourth-order valence-electron chi connectivity index (χ4n) is 9.85. The van der Waals surface area contributed by atoms with Gasteiger partial charge in [0.25, 0.3) is 0 Å². The van der Waals surface area contributed by atoms with Gasteiger partial charge in [-0.3, -0.25) is 0 Å². The van der Waals surface area contributed by atoms with Gasteiger partial charge in [0.1, 0.15) is 45.9 Å². The molecule has 70 heavy (non-hydrogen) atoms. The minimum absolute atomic E-state index is 0.00734. The van der Waals surface area contributed by atoms with Gasteiger partial charge in [0.05, 0.1) is 63.9 Å². The molecule has 0 saturated heterocycles. The largest absolute Gasteiger partial charge is 0.496 e. The molecule has 2 aromatic carbocycles. The topological polar surface area (TPSA) is 134 Å². The number of hydrogen-bond acceptors (Lipinski definition) is 10. The van der Waals surface area contributed by atoms with Gasteiger partial charge in [0.2, 0.25) is 11.8 Å². The van der Waals surface area contributed by atoms with Crippen molar-refractivity contribution in [3.8, 4) is 57.4 Å². The van der Waals surface area contributed by atoms with Gasteiger partial charge in [0, 0.05) is 49.7 Å². The predicted octanol–water partition coefficient (Wildman–Crippen LogP) is 11.4. The number of fused-ring (bicyclic) bond motifs is 2. The molecule has 10 rings (SSSR count). The van der Waals surface area contributed by atoms with Crippen LogP contribution in [0.5, 0.6) is 23.3 Å². The van der Waals surface area contributed by atoms with Crippen LogP contribution in [0.1, 0.15) is 124 Å². The molecule has 2 aliphatic heterocycles. The first-order chi connectivity index (χ1) is 33.6. The molecule has 0 radical (unpaired) electrons. The van der Waals surface area contributed by atoms with Gasteiger partial charge < -0.3 is 37.2 Å². The van der Waals surface area contributed by atoms with Gasteiger partial charge >= 0.3 is 0 Å². The summed E-state index contributed by atoms with van der Waals surface area (Å²) in [6.07, 6.45) is 16.1. The van der Waals surface area contributed by atoms with Crippen molar-refractivity contribution in [1.82, 2.24) is 48.2 Å². The molecule has 0 aliphatic carbocycles. The number of ether oxygens (including phenoxy) is 4. The summed E-state index contributed by atoms with van der Waals surface area (Å²) in [5, 5.41) is 0. The van der Waals surface area contributed by atoms with Crippen molar-refractivity contribution >= 4 is 0 Å². The van der Waals surface area contributed by atoms with Crippen LogP contribution in [-0.4, -0.2) is 76.6 Å². The number of aryl methyl sites for hydroxylation is 4. The van der Waals surface area contributed by atoms with Crippen LogP contribution in [0.2, 0.25) is 0 Å². The highest BCUT2D eigenvalue weighted by molar-refractivity contribution is 5.60. The van der Waals surface area contributed by atoms with E-state index in [0.717, 1.165) is 107 Å². The Labute approximate surface area is 411 Å². The number of imidazole rings is 4. The summed E-state index contributed by atoms with van der Waals surface area (Å²) < 4.78 is 31.0. The third-order valence-corrected chi connectivity index (χ3v) is 13.5. The Morgan fingerprint density at radius 3 is 1.24 bits per heavy atom. The number of methoxy groups -OCH3 is 4. The van der Waals surface area contributed by atoms with E-state index in [1.54, 1.807) is 41.1 Å². The molecule has 0 fully saturated rings. The van der Waals surface area contributed by atoms with Crippen LogP contribution < -0.4 is 18.9 Å². The Kier molecular flexibility index (Phi) is 13.2. The molecule has 14 nitrogen and oxygen atoms in total. The van der Waals surface area contributed by atoms with Crippen molar-refractivity contribution in [2.45, 2.75) is 117 Å². The minimum Gasteiger partial charge on any atom is -0.496 e. The first-order valence-electron chi connectivity index (χ1n) is 24.2. The van der Waals surface area contributed by atoms with E-state index in [-0.39, 0.29) is 22.7 Å². The first-order valence-corrected chi connectivity index (χ1v) is 24.2. The summed E-state index contributed by atoms with van der Waals surface area (Å²) in [5.74, 6) is 5.62. The lowest BCUT2D eigenvalue weighted by atomic mass is 9.82. The molecule has 6 aromatic heterocycles. The number of aromatic nitrogens is 10. The second kappa shape index (κ2) is 19.3. The van der Waals surface area contributed by atoms with Crippen molar-refractivity contribution in [1.29, 1.82) is 0 Å². The predicted molar refractivity (Wildman–Crippen MR) is 273 cm³/mol. The molecule has 364 valence electrons. The van der Waals surface area contributed by atoms with Crippen LogP contribution in [0.25, 0.3) is 34.2 Å². The monoisotopic (exact) mass is 943 g/mol. The van der Waals surface area contributed by atoms with Gasteiger partial charge in [-0.25, -0.2) is 29.9 Å². The van der Waals surface area contributed by atoms with Crippen LogP contribution in [0, 0.1) is 13.8 Å². The van der Waals surface area contributed by atoms with Crippen LogP contribution >= 0.6 is 0 Å². The smallest absolute Gasteiger partial charge is 0.238 e. The normalized spacial score (nSPS) is 15.7. The van der Waals surface area contributed by atoms with E-state index in [9.17, 15) is 0 Å². The SMILES string of the molecule is COc1ccc([C@@H]2CCCn3cc(-c4ccc(-n5cnc(C)c5)c(OC)n4)nc32)cc1C(C)(C)C.COc1ccc([C@H]2CCCn3cc(-c4ccc(-n5cnc(C)c5)c(OC)n4)nc32)cc1C(C)(C)C. The quantitative estimate of drug-likeness (QED) is 0.130. The summed E-state index contributed by atoms with van der Waals surface area (Å²) in [6.45, 7) is 19.2. The molecule has 0 saturated carbocycles. The van der Waals surface area contributed by atoms with E-state index in [0.29, 0.717) is 11.8 Å². The second-order valence-electron chi connectivity index (χ2n) is 20.5. The van der Waals surface area contributed by atoms with Gasteiger partial charge in [-0.05, 0) is 109 Å². The van der Waals surface area contributed by atoms with Crippen molar-refractivity contribution in [2.75, 3.05) is 28.4 Å². The number of nitrogens with zero attached hydrogens (tertiary/aromatic N) is 10. The molecule has 8 heterocycles. The highest BCUT2D eigenvalue weighted by atomic mass is 16.5. The maximum atomic E-state index is 5.66. The minimum atomic E-state index is -0.00734. The molecule has 8 aromatic rings. The lowest BCUT2D eigenvalue weighted by Crippen LogP contribution is -2.18. The summed E-state index contributed by atoms with van der Waals surface area (Å²) in [7, 11) is 6.77. The maximum Gasteiger partial charge on any atom is 0.238 e. The van der Waals surface area contributed by atoms with Crippen LogP contribution in [0.15, 0.2) is 98.1 Å². The van der Waals surface area contributed by atoms with Crippen LogP contribution in [0.4, 0.5) is 0 Å². The first kappa shape index (κ1) is 47.8. The summed E-state index contributed by atoms with van der Waals surface area (Å²) in [6, 6.07) is 21.2. The lowest BCUT2D eigenvalue weighted by Gasteiger charge is -2.27. The van der Waals surface area contributed by atoms with Crippen molar-refractivity contribution in [3.05, 3.63) is 143 Å².